The van der Waals surface area contributed by atoms with E-state index in [-0.39, 0.29) is 18.4 Å². The monoisotopic (exact) mass is 475 g/mol. The van der Waals surface area contributed by atoms with Gasteiger partial charge in [0, 0.05) is 37.1 Å². The number of nitrogen functional groups attached to an aromatic ring is 1. The predicted octanol–water partition coefficient (Wildman–Crippen LogP) is 1.90. The Bertz CT molecular complexity index is 1200. The molecular formula is C21H26FN7O3S. The molecule has 0 radical (unpaired) electrons. The highest BCUT2D eigenvalue weighted by atomic mass is 32.2. The molecule has 0 bridgehead atoms. The summed E-state index contributed by atoms with van der Waals surface area (Å²) < 4.78 is 38.1. The second kappa shape index (κ2) is 8.60. The molecule has 2 aliphatic rings. The van der Waals surface area contributed by atoms with Crippen LogP contribution in [0.4, 0.5) is 20.7 Å². The number of carbonyl (C=O) groups excluding carboxylic acids is 1. The molecule has 2 amide bonds. The molecule has 1 aliphatic carbocycles. The molecule has 33 heavy (non-hydrogen) atoms. The number of hydrazine groups is 1. The van der Waals surface area contributed by atoms with E-state index < -0.39 is 27.3 Å². The number of aromatic nitrogens is 2. The molecule has 1 fully saturated rings. The fourth-order valence-corrected chi connectivity index (χ4v) is 6.17. The molecule has 4 rings (SSSR count). The van der Waals surface area contributed by atoms with Gasteiger partial charge in [-0.2, -0.15) is 0 Å². The number of nitrogens with two attached hydrogens (primary N) is 1. The maximum Gasteiger partial charge on any atom is 0.319 e. The van der Waals surface area contributed by atoms with Crippen molar-refractivity contribution < 1.29 is 17.6 Å². The molecule has 5 N–H and O–H groups in total. The predicted molar refractivity (Wildman–Crippen MR) is 123 cm³/mol. The zero-order chi connectivity index (χ0) is 23.8. The molecule has 2 aromatic rings. The number of amides is 2. The smallest absolute Gasteiger partial charge is 0.319 e. The molecule has 1 aromatic heterocycles. The molecule has 1 unspecified atom stereocenters. The molecule has 176 valence electrons. The molecule has 10 nitrogen and oxygen atoms in total. The van der Waals surface area contributed by atoms with E-state index >= 15 is 0 Å². The van der Waals surface area contributed by atoms with Crippen molar-refractivity contribution in [3.05, 3.63) is 47.1 Å². The summed E-state index contributed by atoms with van der Waals surface area (Å²) in [5, 5.41) is 6.61. The van der Waals surface area contributed by atoms with Crippen LogP contribution in [0.1, 0.15) is 25.5 Å². The van der Waals surface area contributed by atoms with Gasteiger partial charge in [0.05, 0.1) is 16.6 Å². The summed E-state index contributed by atoms with van der Waals surface area (Å²) in [6.45, 7) is 1.08. The Balaban J connectivity index is 1.61. The molecule has 0 spiro atoms. The van der Waals surface area contributed by atoms with E-state index in [9.17, 15) is 17.6 Å². The van der Waals surface area contributed by atoms with Crippen LogP contribution in [-0.4, -0.2) is 55.7 Å². The molecule has 0 saturated heterocycles. The number of urea groups is 1. The number of carbonyl (C=O) groups is 1. The van der Waals surface area contributed by atoms with Crippen molar-refractivity contribution >= 4 is 27.4 Å². The number of sulfone groups is 1. The summed E-state index contributed by atoms with van der Waals surface area (Å²) >= 11 is 0. The first-order valence-corrected chi connectivity index (χ1v) is 12.0. The summed E-state index contributed by atoms with van der Waals surface area (Å²) in [6, 6.07) is 7.35. The lowest BCUT2D eigenvalue weighted by molar-refractivity contribution is 0.251. The Hall–Kier alpha value is -3.25. The van der Waals surface area contributed by atoms with Crippen LogP contribution in [0.3, 0.4) is 0 Å². The number of halogens is 1. The highest BCUT2D eigenvalue weighted by Crippen LogP contribution is 2.55. The minimum Gasteiger partial charge on any atom is -0.384 e. The van der Waals surface area contributed by atoms with Gasteiger partial charge in [0.15, 0.2) is 15.7 Å². The first-order valence-electron chi connectivity index (χ1n) is 10.5. The normalized spacial score (nSPS) is 19.2. The molecule has 1 atom stereocenters. The highest BCUT2D eigenvalue weighted by Gasteiger charge is 2.59. The minimum absolute atomic E-state index is 0.0729. The van der Waals surface area contributed by atoms with Crippen LogP contribution < -0.4 is 21.8 Å². The van der Waals surface area contributed by atoms with Gasteiger partial charge in [-0.3, -0.25) is 0 Å². The van der Waals surface area contributed by atoms with E-state index in [1.807, 2.05) is 0 Å². The number of anilines is 2. The van der Waals surface area contributed by atoms with Gasteiger partial charge in [-0.1, -0.05) is 0 Å². The Morgan fingerprint density at radius 2 is 2.00 bits per heavy atom. The number of nitrogens with one attached hydrogen (secondary N) is 3. The SMILES string of the molecule is CC1NN(C)C=C1S(=O)(=O)C1(c2cc(N)nc(-c3ccc(NC(=O)NCCF)cc3)n2)CC1. The summed E-state index contributed by atoms with van der Waals surface area (Å²) in [7, 11) is -1.92. The van der Waals surface area contributed by atoms with Crippen molar-refractivity contribution in [2.24, 2.45) is 0 Å². The van der Waals surface area contributed by atoms with Gasteiger partial charge in [0.1, 0.15) is 17.2 Å². The van der Waals surface area contributed by atoms with Crippen molar-refractivity contribution in [1.29, 1.82) is 0 Å². The number of benzene rings is 1. The van der Waals surface area contributed by atoms with Crippen LogP contribution in [-0.2, 0) is 14.6 Å². The Labute approximate surface area is 191 Å². The number of rotatable bonds is 7. The van der Waals surface area contributed by atoms with Crippen LogP contribution in [0.2, 0.25) is 0 Å². The summed E-state index contributed by atoms with van der Waals surface area (Å²) in [5.41, 5.74) is 10.6. The number of alkyl halides is 1. The summed E-state index contributed by atoms with van der Waals surface area (Å²) in [5.74, 6) is 0.469. The van der Waals surface area contributed by atoms with Gasteiger partial charge in [0.25, 0.3) is 0 Å². The average molecular weight is 476 g/mol. The van der Waals surface area contributed by atoms with Gasteiger partial charge in [0.2, 0.25) is 0 Å². The van der Waals surface area contributed by atoms with Gasteiger partial charge in [-0.15, -0.1) is 0 Å². The highest BCUT2D eigenvalue weighted by molar-refractivity contribution is 7.96. The van der Waals surface area contributed by atoms with Crippen LogP contribution in [0.25, 0.3) is 11.4 Å². The van der Waals surface area contributed by atoms with Crippen molar-refractivity contribution in [3.63, 3.8) is 0 Å². The van der Waals surface area contributed by atoms with Crippen molar-refractivity contribution in [2.45, 2.75) is 30.6 Å². The Morgan fingerprint density at radius 1 is 1.30 bits per heavy atom. The maximum absolute atomic E-state index is 13.5. The third-order valence-electron chi connectivity index (χ3n) is 5.67. The minimum atomic E-state index is -3.68. The average Bonchev–Trinajstić information content (AvgIpc) is 3.52. The van der Waals surface area contributed by atoms with Gasteiger partial charge in [-0.05, 0) is 44.0 Å². The van der Waals surface area contributed by atoms with Crippen molar-refractivity contribution in [1.82, 2.24) is 25.7 Å². The second-order valence-corrected chi connectivity index (χ2v) is 10.4. The third kappa shape index (κ3) is 4.35. The van der Waals surface area contributed by atoms with Gasteiger partial charge >= 0.3 is 6.03 Å². The topological polar surface area (TPSA) is 142 Å². The summed E-state index contributed by atoms with van der Waals surface area (Å²) in [4.78, 5) is 20.9. The number of hydrogen-bond acceptors (Lipinski definition) is 8. The zero-order valence-corrected chi connectivity index (χ0v) is 19.1. The quantitative estimate of drug-likeness (QED) is 0.476. The lowest BCUT2D eigenvalue weighted by Crippen LogP contribution is -2.34. The largest absolute Gasteiger partial charge is 0.384 e. The van der Waals surface area contributed by atoms with Crippen LogP contribution in [0, 0.1) is 0 Å². The first-order chi connectivity index (χ1) is 15.7. The van der Waals surface area contributed by atoms with Crippen LogP contribution in [0.15, 0.2) is 41.4 Å². The van der Waals surface area contributed by atoms with E-state index in [0.717, 1.165) is 0 Å². The van der Waals surface area contributed by atoms with Gasteiger partial charge < -0.3 is 21.4 Å². The van der Waals surface area contributed by atoms with E-state index in [1.54, 1.807) is 49.4 Å². The Morgan fingerprint density at radius 3 is 2.58 bits per heavy atom. The molecule has 12 heteroatoms. The summed E-state index contributed by atoms with van der Waals surface area (Å²) in [6.07, 6.45) is 2.51. The first kappa shape index (κ1) is 22.9. The molecule has 1 saturated carbocycles. The van der Waals surface area contributed by atoms with Crippen molar-refractivity contribution in [3.8, 4) is 11.4 Å². The third-order valence-corrected chi connectivity index (χ3v) is 8.39. The number of hydrogen-bond donors (Lipinski definition) is 4. The van der Waals surface area contributed by atoms with Gasteiger partial charge in [-0.25, -0.2) is 33.0 Å². The lowest BCUT2D eigenvalue weighted by atomic mass is 10.1. The molecule has 1 aromatic carbocycles. The second-order valence-electron chi connectivity index (χ2n) is 8.14. The van der Waals surface area contributed by atoms with E-state index in [0.29, 0.717) is 40.5 Å². The maximum atomic E-state index is 13.5. The standard InChI is InChI=1S/C21H26FN7O3S/c1-13-16(12-29(2)28-13)33(31,32)21(7-8-21)17-11-18(23)27-19(26-17)14-3-5-15(6-4-14)25-20(30)24-10-9-22/h3-6,11-13,28H,7-10H2,1-2H3,(H2,23,26,27)(H2,24,25,30). The lowest BCUT2D eigenvalue weighted by Gasteiger charge is -2.19. The van der Waals surface area contributed by atoms with Crippen LogP contribution >= 0.6 is 0 Å². The fraction of sp³-hybridized carbons (Fsp3) is 0.381. The van der Waals surface area contributed by atoms with E-state index in [2.05, 4.69) is 26.0 Å². The Kier molecular flexibility index (Phi) is 5.97. The fourth-order valence-electron chi connectivity index (χ4n) is 3.88. The van der Waals surface area contributed by atoms with E-state index in [4.69, 9.17) is 5.73 Å². The van der Waals surface area contributed by atoms with Crippen molar-refractivity contribution in [2.75, 3.05) is 31.3 Å². The molecule has 1 aliphatic heterocycles. The molecular weight excluding hydrogens is 449 g/mol. The van der Waals surface area contributed by atoms with E-state index in [1.165, 1.54) is 6.07 Å². The zero-order valence-electron chi connectivity index (χ0n) is 18.3. The molecule has 2 heterocycles. The number of nitrogens with zero attached hydrogens (tertiary/aromatic N) is 3. The van der Waals surface area contributed by atoms with Crippen LogP contribution in [0.5, 0.6) is 0 Å².